The van der Waals surface area contributed by atoms with E-state index in [0.717, 1.165) is 27.9 Å². The van der Waals surface area contributed by atoms with E-state index in [2.05, 4.69) is 10.4 Å². The average molecular weight is 386 g/mol. The van der Waals surface area contributed by atoms with E-state index in [0.29, 0.717) is 10.8 Å². The molecule has 3 aromatic rings. The summed E-state index contributed by atoms with van der Waals surface area (Å²) in [6, 6.07) is 15.1. The van der Waals surface area contributed by atoms with Crippen molar-refractivity contribution in [1.29, 1.82) is 0 Å². The first-order valence-electron chi connectivity index (χ1n) is 8.06. The summed E-state index contributed by atoms with van der Waals surface area (Å²) in [4.78, 5) is 16.8. The van der Waals surface area contributed by atoms with Crippen LogP contribution in [0.5, 0.6) is 5.75 Å². The van der Waals surface area contributed by atoms with Crippen molar-refractivity contribution in [2.24, 2.45) is 0 Å². The Morgan fingerprint density at radius 2 is 2.04 bits per heavy atom. The predicted molar refractivity (Wildman–Crippen MR) is 106 cm³/mol. The van der Waals surface area contributed by atoms with Crippen molar-refractivity contribution < 1.29 is 9.53 Å². The summed E-state index contributed by atoms with van der Waals surface area (Å²) in [5, 5.41) is 3.21. The zero-order valence-corrected chi connectivity index (χ0v) is 15.6. The first-order chi connectivity index (χ1) is 12.7. The highest BCUT2D eigenvalue weighted by atomic mass is 35.5. The van der Waals surface area contributed by atoms with Crippen molar-refractivity contribution in [3.63, 3.8) is 0 Å². The molecular formula is C19H16ClN3O2S. The number of aromatic nitrogens is 1. The van der Waals surface area contributed by atoms with Crippen molar-refractivity contribution >= 4 is 45.2 Å². The van der Waals surface area contributed by atoms with Crippen molar-refractivity contribution in [3.8, 4) is 5.75 Å². The van der Waals surface area contributed by atoms with Crippen molar-refractivity contribution in [2.45, 2.75) is 6.04 Å². The van der Waals surface area contributed by atoms with Gasteiger partial charge in [-0.05, 0) is 42.0 Å². The number of rotatable bonds is 4. The lowest BCUT2D eigenvalue weighted by Crippen LogP contribution is -2.32. The standard InChI is InChI=1S/C19H16ClN3O2S/c1-25-14-5-2-12(3-6-14)18-11-26-19(24)23(18)22-16-8-9-21-17-10-13(20)4-7-15(16)17/h2-10,18H,11H2,1H3,(H,21,22). The van der Waals surface area contributed by atoms with Crippen LogP contribution in [0, 0.1) is 0 Å². The van der Waals surface area contributed by atoms with Crippen LogP contribution < -0.4 is 10.2 Å². The van der Waals surface area contributed by atoms with Gasteiger partial charge < -0.3 is 4.74 Å². The number of hydrazine groups is 1. The Kier molecular flexibility index (Phi) is 4.61. The van der Waals surface area contributed by atoms with Gasteiger partial charge in [-0.2, -0.15) is 0 Å². The number of carbonyl (C=O) groups excluding carboxylic acids is 1. The Bertz CT molecular complexity index is 965. The number of halogens is 1. The molecule has 1 fully saturated rings. The molecule has 1 aliphatic heterocycles. The number of hydrogen-bond donors (Lipinski definition) is 1. The molecule has 1 aliphatic rings. The van der Waals surface area contributed by atoms with E-state index < -0.39 is 0 Å². The molecular weight excluding hydrogens is 370 g/mol. The van der Waals surface area contributed by atoms with E-state index in [1.807, 2.05) is 48.5 Å². The Morgan fingerprint density at radius 3 is 2.81 bits per heavy atom. The van der Waals surface area contributed by atoms with E-state index in [4.69, 9.17) is 16.3 Å². The van der Waals surface area contributed by atoms with Gasteiger partial charge >= 0.3 is 5.24 Å². The van der Waals surface area contributed by atoms with Gasteiger partial charge in [-0.1, -0.05) is 35.5 Å². The smallest absolute Gasteiger partial charge is 0.300 e. The number of carbonyl (C=O) groups is 1. The number of nitrogens with zero attached hydrogens (tertiary/aromatic N) is 2. The minimum Gasteiger partial charge on any atom is -0.497 e. The van der Waals surface area contributed by atoms with Crippen LogP contribution in [0.1, 0.15) is 11.6 Å². The van der Waals surface area contributed by atoms with Crippen LogP contribution in [-0.4, -0.2) is 28.1 Å². The minimum absolute atomic E-state index is 0.00950. The number of fused-ring (bicyclic) bond motifs is 1. The van der Waals surface area contributed by atoms with Crippen LogP contribution in [0.2, 0.25) is 5.02 Å². The fourth-order valence-electron chi connectivity index (χ4n) is 2.96. The average Bonchev–Trinajstić information content (AvgIpc) is 3.02. The van der Waals surface area contributed by atoms with Gasteiger partial charge in [-0.25, -0.2) is 5.01 Å². The SMILES string of the molecule is COc1ccc(C2CSC(=O)N2Nc2ccnc3cc(Cl)ccc23)cc1. The summed E-state index contributed by atoms with van der Waals surface area (Å²) in [7, 11) is 1.64. The zero-order valence-electron chi connectivity index (χ0n) is 14.0. The highest BCUT2D eigenvalue weighted by Gasteiger charge is 2.33. The molecule has 2 heterocycles. The number of benzene rings is 2. The van der Waals surface area contributed by atoms with Crippen LogP contribution in [-0.2, 0) is 0 Å². The second-order valence-electron chi connectivity index (χ2n) is 5.87. The third kappa shape index (κ3) is 3.18. The van der Waals surface area contributed by atoms with Gasteiger partial charge in [0.15, 0.2) is 0 Å². The fraction of sp³-hybridized carbons (Fsp3) is 0.158. The number of ether oxygens (including phenoxy) is 1. The van der Waals surface area contributed by atoms with Gasteiger partial charge in [0.25, 0.3) is 0 Å². The maximum Gasteiger partial charge on any atom is 0.300 e. The normalized spacial score (nSPS) is 16.9. The quantitative estimate of drug-likeness (QED) is 0.674. The van der Waals surface area contributed by atoms with Crippen molar-refractivity contribution in [3.05, 3.63) is 65.3 Å². The highest BCUT2D eigenvalue weighted by molar-refractivity contribution is 8.13. The summed E-state index contributed by atoms with van der Waals surface area (Å²) in [6.45, 7) is 0. The summed E-state index contributed by atoms with van der Waals surface area (Å²) in [6.07, 6.45) is 1.71. The molecule has 4 rings (SSSR count). The lowest BCUT2D eigenvalue weighted by Gasteiger charge is -2.26. The molecule has 5 nitrogen and oxygen atoms in total. The number of nitrogens with one attached hydrogen (secondary N) is 1. The van der Waals surface area contributed by atoms with Gasteiger partial charge in [-0.3, -0.25) is 15.2 Å². The Hall–Kier alpha value is -2.44. The largest absolute Gasteiger partial charge is 0.497 e. The number of methoxy groups -OCH3 is 1. The Labute approximate surface area is 160 Å². The molecule has 1 atom stereocenters. The molecule has 7 heteroatoms. The molecule has 1 unspecified atom stereocenters. The monoisotopic (exact) mass is 385 g/mol. The highest BCUT2D eigenvalue weighted by Crippen LogP contribution is 2.36. The topological polar surface area (TPSA) is 54.5 Å². The number of thioether (sulfide) groups is 1. The summed E-state index contributed by atoms with van der Waals surface area (Å²) in [5.41, 5.74) is 5.93. The molecule has 0 spiro atoms. The maximum absolute atomic E-state index is 12.4. The van der Waals surface area contributed by atoms with Crippen molar-refractivity contribution in [2.75, 3.05) is 18.3 Å². The molecule has 2 aromatic carbocycles. The molecule has 1 amide bonds. The minimum atomic E-state index is -0.0612. The second kappa shape index (κ2) is 7.05. The fourth-order valence-corrected chi connectivity index (χ4v) is 4.09. The molecule has 0 bridgehead atoms. The van der Waals surface area contributed by atoms with Gasteiger partial charge in [0, 0.05) is 22.4 Å². The van der Waals surface area contributed by atoms with Gasteiger partial charge in [0.2, 0.25) is 0 Å². The van der Waals surface area contributed by atoms with E-state index in [9.17, 15) is 4.79 Å². The molecule has 132 valence electrons. The number of amides is 1. The van der Waals surface area contributed by atoms with Gasteiger partial charge in [-0.15, -0.1) is 0 Å². The third-order valence-corrected chi connectivity index (χ3v) is 5.48. The molecule has 1 saturated heterocycles. The molecule has 0 saturated carbocycles. The predicted octanol–water partition coefficient (Wildman–Crippen LogP) is 5.13. The van der Waals surface area contributed by atoms with Crippen molar-refractivity contribution in [1.82, 2.24) is 9.99 Å². The Balaban J connectivity index is 1.66. The van der Waals surface area contributed by atoms with Crippen LogP contribution in [0.25, 0.3) is 10.9 Å². The molecule has 0 radical (unpaired) electrons. The van der Waals surface area contributed by atoms with Crippen LogP contribution >= 0.6 is 23.4 Å². The van der Waals surface area contributed by atoms with E-state index in [1.54, 1.807) is 18.3 Å². The number of anilines is 1. The van der Waals surface area contributed by atoms with Crippen LogP contribution in [0.15, 0.2) is 54.7 Å². The molecule has 0 aliphatic carbocycles. The first kappa shape index (κ1) is 17.0. The maximum atomic E-state index is 12.4. The van der Waals surface area contributed by atoms with Gasteiger partial charge in [0.05, 0.1) is 24.4 Å². The molecule has 1 N–H and O–H groups in total. The summed E-state index contributed by atoms with van der Waals surface area (Å²) in [5.74, 6) is 1.48. The van der Waals surface area contributed by atoms with Crippen LogP contribution in [0.3, 0.4) is 0 Å². The number of hydrogen-bond acceptors (Lipinski definition) is 5. The Morgan fingerprint density at radius 1 is 1.23 bits per heavy atom. The lowest BCUT2D eigenvalue weighted by atomic mass is 10.1. The molecule has 1 aromatic heterocycles. The van der Waals surface area contributed by atoms with Crippen LogP contribution in [0.4, 0.5) is 10.5 Å². The van der Waals surface area contributed by atoms with E-state index >= 15 is 0 Å². The first-order valence-corrected chi connectivity index (χ1v) is 9.43. The zero-order chi connectivity index (χ0) is 18.1. The number of pyridine rings is 1. The molecule has 26 heavy (non-hydrogen) atoms. The summed E-state index contributed by atoms with van der Waals surface area (Å²) >= 11 is 7.36. The summed E-state index contributed by atoms with van der Waals surface area (Å²) < 4.78 is 5.21. The third-order valence-electron chi connectivity index (χ3n) is 4.32. The second-order valence-corrected chi connectivity index (χ2v) is 7.28. The van der Waals surface area contributed by atoms with Gasteiger partial charge in [0.1, 0.15) is 5.75 Å². The van der Waals surface area contributed by atoms with E-state index in [1.165, 1.54) is 11.8 Å². The van der Waals surface area contributed by atoms with E-state index in [-0.39, 0.29) is 11.3 Å². The lowest BCUT2D eigenvalue weighted by molar-refractivity contribution is 0.225.